The Morgan fingerprint density at radius 3 is 2.78 bits per heavy atom. The van der Waals surface area contributed by atoms with E-state index in [0.29, 0.717) is 31.1 Å². The molecular weight excluding hydrogens is 484 g/mol. The number of hydrogen-bond donors (Lipinski definition) is 1. The monoisotopic (exact) mass is 516 g/mol. The first-order valence-electron chi connectivity index (χ1n) is 13.0. The zero-order valence-corrected chi connectivity index (χ0v) is 22.3. The predicted octanol–water partition coefficient (Wildman–Crippen LogP) is 5.98. The van der Waals surface area contributed by atoms with Gasteiger partial charge in [0.25, 0.3) is 0 Å². The maximum absolute atomic E-state index is 12.6. The highest BCUT2D eigenvalue weighted by molar-refractivity contribution is 6.31. The Labute approximate surface area is 223 Å². The van der Waals surface area contributed by atoms with E-state index in [9.17, 15) is 4.79 Å². The Morgan fingerprint density at radius 1 is 1.27 bits per heavy atom. The van der Waals surface area contributed by atoms with Crippen LogP contribution in [0.15, 0.2) is 55.0 Å². The van der Waals surface area contributed by atoms with E-state index in [2.05, 4.69) is 50.6 Å². The third kappa shape index (κ3) is 4.55. The molecule has 0 aliphatic carbocycles. The maximum atomic E-state index is 12.6. The molecule has 2 aromatic heterocycles. The van der Waals surface area contributed by atoms with Crippen molar-refractivity contribution in [3.05, 3.63) is 71.3 Å². The molecule has 0 atom stereocenters. The number of aryl methyl sites for hydroxylation is 1. The van der Waals surface area contributed by atoms with Crippen LogP contribution in [0.5, 0.6) is 0 Å². The first-order valence-corrected chi connectivity index (χ1v) is 13.3. The minimum absolute atomic E-state index is 0.000754. The zero-order chi connectivity index (χ0) is 26.2. The molecule has 8 heteroatoms. The largest absolute Gasteiger partial charge is 0.343 e. The molecule has 7 nitrogen and oxygen atoms in total. The second-order valence-corrected chi connectivity index (χ2v) is 10.8. The van der Waals surface area contributed by atoms with Crippen LogP contribution in [-0.2, 0) is 18.5 Å². The van der Waals surface area contributed by atoms with Gasteiger partial charge in [0, 0.05) is 71.0 Å². The van der Waals surface area contributed by atoms with Gasteiger partial charge in [-0.05, 0) is 69.0 Å². The summed E-state index contributed by atoms with van der Waals surface area (Å²) in [6.07, 6.45) is 6.74. The lowest BCUT2D eigenvalue weighted by atomic mass is 9.72. The Morgan fingerprint density at radius 2 is 2.05 bits per heavy atom. The number of urea groups is 1. The summed E-state index contributed by atoms with van der Waals surface area (Å²) >= 11 is 6.31. The molecule has 37 heavy (non-hydrogen) atoms. The molecular formula is C29H33ClN6O. The highest BCUT2D eigenvalue weighted by Gasteiger charge is 2.48. The number of pyridine rings is 1. The van der Waals surface area contributed by atoms with E-state index in [1.165, 1.54) is 5.56 Å². The fourth-order valence-corrected chi connectivity index (χ4v) is 6.09. The van der Waals surface area contributed by atoms with Crippen LogP contribution < -0.4 is 10.2 Å². The lowest BCUT2D eigenvalue weighted by Crippen LogP contribution is -2.50. The van der Waals surface area contributed by atoms with Gasteiger partial charge in [-0.25, -0.2) is 4.79 Å². The molecule has 0 saturated carbocycles. The molecule has 0 radical (unpaired) electrons. The second-order valence-electron chi connectivity index (χ2n) is 10.4. The van der Waals surface area contributed by atoms with Crippen LogP contribution in [-0.4, -0.2) is 39.6 Å². The van der Waals surface area contributed by atoms with Gasteiger partial charge in [-0.1, -0.05) is 18.2 Å². The van der Waals surface area contributed by atoms with Gasteiger partial charge in [0.1, 0.15) is 0 Å². The van der Waals surface area contributed by atoms with Gasteiger partial charge in [-0.15, -0.1) is 0 Å². The summed E-state index contributed by atoms with van der Waals surface area (Å²) in [7, 11) is 0. The molecule has 5 rings (SSSR count). The van der Waals surface area contributed by atoms with Crippen molar-refractivity contribution in [2.45, 2.75) is 64.1 Å². The number of anilines is 1. The molecule has 2 amide bonds. The third-order valence-corrected chi connectivity index (χ3v) is 7.98. The van der Waals surface area contributed by atoms with Crippen molar-refractivity contribution in [1.29, 1.82) is 5.26 Å². The van der Waals surface area contributed by atoms with Crippen LogP contribution in [0, 0.1) is 11.3 Å². The normalized spacial score (nSPS) is 16.5. The maximum Gasteiger partial charge on any atom is 0.317 e. The predicted molar refractivity (Wildman–Crippen MR) is 148 cm³/mol. The zero-order valence-electron chi connectivity index (χ0n) is 21.5. The molecule has 1 N–H and O–H groups in total. The molecule has 1 fully saturated rings. The van der Waals surface area contributed by atoms with Crippen LogP contribution in [0.25, 0.3) is 10.9 Å². The fourth-order valence-electron chi connectivity index (χ4n) is 5.91. The van der Waals surface area contributed by atoms with E-state index < -0.39 is 0 Å². The molecule has 0 bridgehead atoms. The number of likely N-dealkylation sites (tertiary alicyclic amines) is 1. The lowest BCUT2D eigenvalue weighted by Gasteiger charge is -2.41. The number of nitrogens with one attached hydrogen (secondary N) is 1. The number of hydrogen-bond acceptors (Lipinski definition) is 4. The average molecular weight is 517 g/mol. The van der Waals surface area contributed by atoms with Crippen molar-refractivity contribution >= 4 is 34.2 Å². The van der Waals surface area contributed by atoms with E-state index >= 15 is 0 Å². The number of nitrogens with zero attached hydrogens (tertiary/aromatic N) is 5. The van der Waals surface area contributed by atoms with E-state index in [1.54, 1.807) is 0 Å². The molecule has 2 aliphatic rings. The van der Waals surface area contributed by atoms with E-state index in [0.717, 1.165) is 53.8 Å². The smallest absolute Gasteiger partial charge is 0.317 e. The van der Waals surface area contributed by atoms with Crippen LogP contribution in [0.3, 0.4) is 0 Å². The molecule has 2 aliphatic heterocycles. The van der Waals surface area contributed by atoms with Crippen molar-refractivity contribution in [3.8, 4) is 6.07 Å². The third-order valence-electron chi connectivity index (χ3n) is 7.74. The summed E-state index contributed by atoms with van der Waals surface area (Å²) in [5, 5.41) is 13.9. The minimum atomic E-state index is -0.214. The van der Waals surface area contributed by atoms with Gasteiger partial charge in [-0.2, -0.15) is 5.26 Å². The van der Waals surface area contributed by atoms with Crippen molar-refractivity contribution in [2.75, 3.05) is 18.0 Å². The summed E-state index contributed by atoms with van der Waals surface area (Å²) in [4.78, 5) is 21.3. The van der Waals surface area contributed by atoms with Gasteiger partial charge in [0.2, 0.25) is 0 Å². The van der Waals surface area contributed by atoms with Crippen molar-refractivity contribution in [3.63, 3.8) is 0 Å². The molecule has 1 aromatic carbocycles. The number of aromatic nitrogens is 2. The molecule has 3 aromatic rings. The lowest BCUT2D eigenvalue weighted by molar-refractivity contribution is 0.166. The van der Waals surface area contributed by atoms with Gasteiger partial charge < -0.3 is 19.7 Å². The van der Waals surface area contributed by atoms with Crippen LogP contribution in [0.4, 0.5) is 10.5 Å². The van der Waals surface area contributed by atoms with E-state index in [4.69, 9.17) is 16.9 Å². The number of halogens is 1. The number of fused-ring (bicyclic) bond motifs is 3. The number of carbonyl (C=O) groups is 1. The summed E-state index contributed by atoms with van der Waals surface area (Å²) in [6, 6.07) is 12.7. The Balaban J connectivity index is 1.45. The first-order chi connectivity index (χ1) is 17.8. The van der Waals surface area contributed by atoms with E-state index in [1.807, 2.05) is 43.3 Å². The first kappa shape index (κ1) is 25.2. The number of unbranched alkanes of at least 4 members (excludes halogenated alkanes) is 1. The summed E-state index contributed by atoms with van der Waals surface area (Å²) in [5.41, 5.74) is 5.44. The molecule has 4 heterocycles. The van der Waals surface area contributed by atoms with Gasteiger partial charge in [0.15, 0.2) is 0 Å². The highest BCUT2D eigenvalue weighted by Crippen LogP contribution is 2.53. The number of nitriles is 1. The van der Waals surface area contributed by atoms with Crippen molar-refractivity contribution in [1.82, 2.24) is 19.8 Å². The van der Waals surface area contributed by atoms with Crippen molar-refractivity contribution < 1.29 is 4.79 Å². The fraction of sp³-hybridized carbons (Fsp3) is 0.414. The van der Waals surface area contributed by atoms with Crippen LogP contribution in [0.1, 0.15) is 50.8 Å². The molecule has 0 unspecified atom stereocenters. The molecule has 1 spiro atoms. The Bertz CT molecular complexity index is 1380. The van der Waals surface area contributed by atoms with Crippen LogP contribution in [0.2, 0.25) is 5.02 Å². The number of carbonyl (C=O) groups excluding carboxylic acids is 1. The van der Waals surface area contributed by atoms with Gasteiger partial charge in [-0.3, -0.25) is 4.98 Å². The number of amides is 2. The van der Waals surface area contributed by atoms with E-state index in [-0.39, 0.29) is 17.5 Å². The Kier molecular flexibility index (Phi) is 6.87. The molecule has 1 saturated heterocycles. The minimum Gasteiger partial charge on any atom is -0.343 e. The molecule has 192 valence electrons. The number of benzene rings is 1. The number of rotatable bonds is 6. The average Bonchev–Trinajstić information content (AvgIpc) is 3.32. The standard InChI is InChI=1S/C29H33ClN6O/c1-20(2)33-28(37)34-14-9-29(10-15-34)21(3)36(27-18-32-12-8-25(27)29)19-24-17-22-16-23(30)6-7-26(22)35(24)13-5-4-11-31/h6-8,12,16-18,20H,3-5,9-10,13-15,19H2,1-2H3,(H,33,37). The van der Waals surface area contributed by atoms with Gasteiger partial charge in [0.05, 0.1) is 24.5 Å². The van der Waals surface area contributed by atoms with Crippen molar-refractivity contribution in [2.24, 2.45) is 0 Å². The summed E-state index contributed by atoms with van der Waals surface area (Å²) < 4.78 is 2.30. The van der Waals surface area contributed by atoms with Gasteiger partial charge >= 0.3 is 6.03 Å². The number of allylic oxidation sites excluding steroid dienone is 1. The quantitative estimate of drug-likeness (QED) is 0.409. The summed E-state index contributed by atoms with van der Waals surface area (Å²) in [6.45, 7) is 11.4. The Hall–Kier alpha value is -3.50. The summed E-state index contributed by atoms with van der Waals surface area (Å²) in [5.74, 6) is 0. The second kappa shape index (κ2) is 10.1. The van der Waals surface area contributed by atoms with Crippen LogP contribution >= 0.6 is 11.6 Å². The number of piperidine rings is 1. The SMILES string of the molecule is C=C1N(Cc2cc3cc(Cl)ccc3n2CCCC#N)c2cnccc2C12CCN(C(=O)NC(C)C)CC2. The topological polar surface area (TPSA) is 77.2 Å². The highest BCUT2D eigenvalue weighted by atomic mass is 35.5.